The summed E-state index contributed by atoms with van der Waals surface area (Å²) < 4.78 is 5.04. The Hall–Kier alpha value is -2.43. The van der Waals surface area contributed by atoms with Gasteiger partial charge in [0.05, 0.1) is 13.2 Å². The van der Waals surface area contributed by atoms with Crippen molar-refractivity contribution in [1.29, 1.82) is 0 Å². The zero-order chi connectivity index (χ0) is 15.2. The molecule has 5 heteroatoms. The smallest absolute Gasteiger partial charge is 0.252 e. The average molecular weight is 285 g/mol. The molecule has 1 amide bonds. The zero-order valence-corrected chi connectivity index (χ0v) is 12.4. The number of carbonyl (C=O) groups is 1. The van der Waals surface area contributed by atoms with Gasteiger partial charge in [0.2, 0.25) is 5.88 Å². The highest BCUT2D eigenvalue weighted by Crippen LogP contribution is 2.21. The Morgan fingerprint density at radius 1 is 1.29 bits per heavy atom. The summed E-state index contributed by atoms with van der Waals surface area (Å²) in [5.74, 6) is 0.519. The van der Waals surface area contributed by atoms with Gasteiger partial charge in [0, 0.05) is 30.2 Å². The van der Waals surface area contributed by atoms with Gasteiger partial charge in [-0.2, -0.15) is 0 Å². The summed E-state index contributed by atoms with van der Waals surface area (Å²) in [5.41, 5.74) is 1.51. The molecule has 0 aliphatic carbocycles. The maximum absolute atomic E-state index is 12.4. The Morgan fingerprint density at radius 3 is 2.71 bits per heavy atom. The molecular weight excluding hydrogens is 266 g/mol. The van der Waals surface area contributed by atoms with E-state index in [0.717, 1.165) is 5.56 Å². The molecule has 0 saturated carbocycles. The molecule has 110 valence electrons. The summed E-state index contributed by atoms with van der Waals surface area (Å²) in [6.07, 6.45) is 5.05. The number of rotatable bonds is 5. The number of pyridine rings is 2. The van der Waals surface area contributed by atoms with E-state index in [1.807, 2.05) is 12.1 Å². The second kappa shape index (κ2) is 6.83. The van der Waals surface area contributed by atoms with Gasteiger partial charge in [-0.3, -0.25) is 9.78 Å². The number of hydrogen-bond donors (Lipinski definition) is 1. The molecule has 0 saturated heterocycles. The van der Waals surface area contributed by atoms with Crippen LogP contribution < -0.4 is 10.1 Å². The van der Waals surface area contributed by atoms with Crippen LogP contribution in [0.1, 0.15) is 35.8 Å². The molecule has 21 heavy (non-hydrogen) atoms. The van der Waals surface area contributed by atoms with Gasteiger partial charge in [0.25, 0.3) is 5.91 Å². The lowest BCUT2D eigenvalue weighted by Crippen LogP contribution is -2.31. The molecule has 0 aromatic carbocycles. The van der Waals surface area contributed by atoms with E-state index in [2.05, 4.69) is 29.1 Å². The fraction of sp³-hybridized carbons (Fsp3) is 0.312. The van der Waals surface area contributed by atoms with Gasteiger partial charge >= 0.3 is 0 Å². The van der Waals surface area contributed by atoms with Crippen LogP contribution in [0.4, 0.5) is 0 Å². The molecular formula is C16H19N3O2. The molecule has 0 fully saturated rings. The lowest BCUT2D eigenvalue weighted by molar-refractivity contribution is 0.0925. The predicted molar refractivity (Wildman–Crippen MR) is 80.1 cm³/mol. The van der Waals surface area contributed by atoms with Crippen LogP contribution in [-0.2, 0) is 0 Å². The van der Waals surface area contributed by atoms with Crippen molar-refractivity contribution in [3.05, 3.63) is 54.0 Å². The van der Waals surface area contributed by atoms with Gasteiger partial charge in [-0.1, -0.05) is 19.9 Å². The molecule has 0 spiro atoms. The lowest BCUT2D eigenvalue weighted by Gasteiger charge is -2.22. The maximum Gasteiger partial charge on any atom is 0.252 e. The van der Waals surface area contributed by atoms with E-state index in [4.69, 9.17) is 4.74 Å². The summed E-state index contributed by atoms with van der Waals surface area (Å²) in [4.78, 5) is 20.5. The van der Waals surface area contributed by atoms with Crippen LogP contribution in [0, 0.1) is 5.92 Å². The van der Waals surface area contributed by atoms with Gasteiger partial charge in [0.15, 0.2) is 0 Å². The topological polar surface area (TPSA) is 64.1 Å². The molecule has 0 unspecified atom stereocenters. The fourth-order valence-electron chi connectivity index (χ4n) is 2.08. The molecule has 1 N–H and O–H groups in total. The van der Waals surface area contributed by atoms with E-state index in [-0.39, 0.29) is 17.9 Å². The average Bonchev–Trinajstić information content (AvgIpc) is 2.53. The standard InChI is InChI=1S/C16H19N3O2/c1-11(2)15(13-5-4-7-17-10-13)19-16(20)12-6-8-18-14(9-12)21-3/h4-11,15H,1-3H3,(H,19,20)/t15-/m1/s1. The number of nitrogens with zero attached hydrogens (tertiary/aromatic N) is 2. The van der Waals surface area contributed by atoms with E-state index in [1.54, 1.807) is 30.7 Å². The number of nitrogens with one attached hydrogen (secondary N) is 1. The predicted octanol–water partition coefficient (Wildman–Crippen LogP) is 2.61. The highest BCUT2D eigenvalue weighted by Gasteiger charge is 2.19. The summed E-state index contributed by atoms with van der Waals surface area (Å²) in [7, 11) is 1.52. The van der Waals surface area contributed by atoms with Crippen molar-refractivity contribution in [2.75, 3.05) is 7.11 Å². The molecule has 2 aromatic rings. The summed E-state index contributed by atoms with van der Waals surface area (Å²) in [6, 6.07) is 7.02. The second-order valence-electron chi connectivity index (χ2n) is 5.07. The first kappa shape index (κ1) is 15.0. The zero-order valence-electron chi connectivity index (χ0n) is 12.4. The highest BCUT2D eigenvalue weighted by atomic mass is 16.5. The van der Waals surface area contributed by atoms with E-state index in [1.165, 1.54) is 7.11 Å². The normalized spacial score (nSPS) is 12.0. The van der Waals surface area contributed by atoms with Crippen molar-refractivity contribution in [2.24, 2.45) is 5.92 Å². The van der Waals surface area contributed by atoms with Crippen molar-refractivity contribution in [2.45, 2.75) is 19.9 Å². The van der Waals surface area contributed by atoms with E-state index >= 15 is 0 Å². The Labute approximate surface area is 124 Å². The molecule has 0 aliphatic heterocycles. The van der Waals surface area contributed by atoms with Gasteiger partial charge < -0.3 is 10.1 Å². The molecule has 5 nitrogen and oxygen atoms in total. The highest BCUT2D eigenvalue weighted by molar-refractivity contribution is 5.94. The molecule has 0 aliphatic rings. The van der Waals surface area contributed by atoms with E-state index < -0.39 is 0 Å². The van der Waals surface area contributed by atoms with Crippen LogP contribution in [0.2, 0.25) is 0 Å². The number of hydrogen-bond acceptors (Lipinski definition) is 4. The van der Waals surface area contributed by atoms with Gasteiger partial charge in [-0.05, 0) is 23.6 Å². The quantitative estimate of drug-likeness (QED) is 0.917. The minimum atomic E-state index is -0.154. The van der Waals surface area contributed by atoms with Crippen molar-refractivity contribution >= 4 is 5.91 Å². The van der Waals surface area contributed by atoms with Crippen LogP contribution in [0.25, 0.3) is 0 Å². The molecule has 0 bridgehead atoms. The van der Waals surface area contributed by atoms with Crippen LogP contribution in [0.3, 0.4) is 0 Å². The number of ether oxygens (including phenoxy) is 1. The fourth-order valence-corrected chi connectivity index (χ4v) is 2.08. The van der Waals surface area contributed by atoms with E-state index in [0.29, 0.717) is 11.4 Å². The van der Waals surface area contributed by atoms with Crippen molar-refractivity contribution in [1.82, 2.24) is 15.3 Å². The van der Waals surface area contributed by atoms with Gasteiger partial charge in [-0.25, -0.2) is 4.98 Å². The summed E-state index contributed by atoms with van der Waals surface area (Å²) >= 11 is 0. The third-order valence-electron chi connectivity index (χ3n) is 3.20. The second-order valence-corrected chi connectivity index (χ2v) is 5.07. The number of amides is 1. The van der Waals surface area contributed by atoms with Crippen LogP contribution in [0.5, 0.6) is 5.88 Å². The SMILES string of the molecule is COc1cc(C(=O)N[C@@H](c2cccnc2)C(C)C)ccn1. The summed E-state index contributed by atoms with van der Waals surface area (Å²) in [5, 5.41) is 3.04. The molecule has 2 aromatic heterocycles. The minimum absolute atomic E-state index is 0.0923. The number of carbonyl (C=O) groups excluding carboxylic acids is 1. The largest absolute Gasteiger partial charge is 0.481 e. The Morgan fingerprint density at radius 2 is 2.10 bits per heavy atom. The van der Waals surface area contributed by atoms with Crippen molar-refractivity contribution in [3.8, 4) is 5.88 Å². The third-order valence-corrected chi connectivity index (χ3v) is 3.20. The Kier molecular flexibility index (Phi) is 4.87. The molecule has 2 heterocycles. The van der Waals surface area contributed by atoms with Crippen molar-refractivity contribution in [3.63, 3.8) is 0 Å². The van der Waals surface area contributed by atoms with Crippen molar-refractivity contribution < 1.29 is 9.53 Å². The van der Waals surface area contributed by atoms with Gasteiger partial charge in [0.1, 0.15) is 0 Å². The van der Waals surface area contributed by atoms with Crippen LogP contribution >= 0.6 is 0 Å². The number of methoxy groups -OCH3 is 1. The first-order chi connectivity index (χ1) is 10.1. The third kappa shape index (κ3) is 3.78. The molecule has 1 atom stereocenters. The maximum atomic E-state index is 12.4. The van der Waals surface area contributed by atoms with Crippen LogP contribution in [0.15, 0.2) is 42.9 Å². The minimum Gasteiger partial charge on any atom is -0.481 e. The first-order valence-electron chi connectivity index (χ1n) is 6.82. The lowest BCUT2D eigenvalue weighted by atomic mass is 9.97. The molecule has 2 rings (SSSR count). The Balaban J connectivity index is 2.19. The number of aromatic nitrogens is 2. The van der Waals surface area contributed by atoms with Gasteiger partial charge in [-0.15, -0.1) is 0 Å². The summed E-state index contributed by atoms with van der Waals surface area (Å²) in [6.45, 7) is 4.12. The Bertz CT molecular complexity index is 599. The van der Waals surface area contributed by atoms with Crippen LogP contribution in [-0.4, -0.2) is 23.0 Å². The van der Waals surface area contributed by atoms with E-state index in [9.17, 15) is 4.79 Å². The first-order valence-corrected chi connectivity index (χ1v) is 6.82. The molecule has 0 radical (unpaired) electrons. The monoisotopic (exact) mass is 285 g/mol.